The molecule has 3 N–H and O–H groups in total. The van der Waals surface area contributed by atoms with E-state index in [1.807, 2.05) is 54.6 Å². The molecule has 0 saturated heterocycles. The van der Waals surface area contributed by atoms with Gasteiger partial charge in [-0.1, -0.05) is 11.6 Å². The summed E-state index contributed by atoms with van der Waals surface area (Å²) in [5, 5.41) is 3.98. The van der Waals surface area contributed by atoms with Crippen molar-refractivity contribution in [2.45, 2.75) is 6.54 Å². The van der Waals surface area contributed by atoms with Crippen LogP contribution in [0.3, 0.4) is 0 Å². The summed E-state index contributed by atoms with van der Waals surface area (Å²) in [7, 11) is 0. The Balaban J connectivity index is 1.49. The molecule has 5 nitrogen and oxygen atoms in total. The molecule has 0 spiro atoms. The first-order valence-electron chi connectivity index (χ1n) is 7.48. The van der Waals surface area contributed by atoms with E-state index in [1.165, 1.54) is 0 Å². The van der Waals surface area contributed by atoms with E-state index in [1.54, 1.807) is 0 Å². The lowest BCUT2D eigenvalue weighted by molar-refractivity contribution is 0.531. The van der Waals surface area contributed by atoms with Crippen molar-refractivity contribution in [1.29, 1.82) is 0 Å². The Labute approximate surface area is 142 Å². The molecule has 0 aliphatic carbocycles. The van der Waals surface area contributed by atoms with Crippen LogP contribution in [0.4, 0.5) is 5.69 Å². The van der Waals surface area contributed by atoms with E-state index in [0.717, 1.165) is 33.8 Å². The number of benzene rings is 2. The number of nitrogens with one attached hydrogen (secondary N) is 3. The molecule has 0 aliphatic heterocycles. The Morgan fingerprint density at radius 1 is 0.958 bits per heavy atom. The van der Waals surface area contributed by atoms with Gasteiger partial charge in [0.1, 0.15) is 11.5 Å². The maximum Gasteiger partial charge on any atom is 0.323 e. The van der Waals surface area contributed by atoms with Crippen molar-refractivity contribution in [2.24, 2.45) is 0 Å². The fraction of sp³-hybridized carbons (Fsp3) is 0.0556. The first kappa shape index (κ1) is 14.7. The lowest BCUT2D eigenvalue weighted by Gasteiger charge is -2.04. The third-order valence-electron chi connectivity index (χ3n) is 3.77. The Kier molecular flexibility index (Phi) is 3.63. The second kappa shape index (κ2) is 5.94. The highest BCUT2D eigenvalue weighted by Crippen LogP contribution is 2.24. The molecule has 0 saturated carbocycles. The predicted octanol–water partition coefficient (Wildman–Crippen LogP) is 4.38. The topological polar surface area (TPSA) is 73.8 Å². The van der Waals surface area contributed by atoms with E-state index in [2.05, 4.69) is 15.3 Å². The SMILES string of the molecule is O=c1[nH]c2ccc(NCc3ccc(-c4ccc(Cl)cc4)o3)cc2[nH]1. The number of H-pyrrole nitrogens is 2. The Morgan fingerprint density at radius 3 is 2.58 bits per heavy atom. The molecule has 2 heterocycles. The van der Waals surface area contributed by atoms with Crippen molar-refractivity contribution in [3.05, 3.63) is 75.9 Å². The molecule has 120 valence electrons. The van der Waals surface area contributed by atoms with E-state index < -0.39 is 0 Å². The van der Waals surface area contributed by atoms with Crippen LogP contribution in [0, 0.1) is 0 Å². The van der Waals surface area contributed by atoms with Gasteiger partial charge in [0, 0.05) is 16.3 Å². The van der Waals surface area contributed by atoms with Crippen LogP contribution < -0.4 is 11.0 Å². The van der Waals surface area contributed by atoms with Gasteiger partial charge in [-0.05, 0) is 54.6 Å². The highest BCUT2D eigenvalue weighted by molar-refractivity contribution is 6.30. The van der Waals surface area contributed by atoms with Gasteiger partial charge in [-0.2, -0.15) is 0 Å². The van der Waals surface area contributed by atoms with Crippen LogP contribution in [0.5, 0.6) is 0 Å². The molecule has 2 aromatic carbocycles. The molecule has 0 atom stereocenters. The number of furan rings is 1. The maximum absolute atomic E-state index is 11.3. The van der Waals surface area contributed by atoms with E-state index in [-0.39, 0.29) is 5.69 Å². The first-order chi connectivity index (χ1) is 11.7. The van der Waals surface area contributed by atoms with E-state index >= 15 is 0 Å². The van der Waals surface area contributed by atoms with Crippen molar-refractivity contribution in [1.82, 2.24) is 9.97 Å². The lowest BCUT2D eigenvalue weighted by Crippen LogP contribution is -1.99. The highest BCUT2D eigenvalue weighted by atomic mass is 35.5. The summed E-state index contributed by atoms with van der Waals surface area (Å²) in [6.45, 7) is 0.549. The lowest BCUT2D eigenvalue weighted by atomic mass is 10.2. The van der Waals surface area contributed by atoms with Crippen LogP contribution in [0.2, 0.25) is 5.02 Å². The molecule has 0 aliphatic rings. The third-order valence-corrected chi connectivity index (χ3v) is 4.03. The number of halogens is 1. The number of imidazole rings is 1. The minimum absolute atomic E-state index is 0.208. The first-order valence-corrected chi connectivity index (χ1v) is 7.86. The summed E-state index contributed by atoms with van der Waals surface area (Å²) in [6, 6.07) is 17.1. The second-order valence-electron chi connectivity index (χ2n) is 5.47. The number of aromatic nitrogens is 2. The molecular weight excluding hydrogens is 326 g/mol. The largest absolute Gasteiger partial charge is 0.459 e. The summed E-state index contributed by atoms with van der Waals surface area (Å²) in [4.78, 5) is 16.7. The summed E-state index contributed by atoms with van der Waals surface area (Å²) < 4.78 is 5.85. The normalized spacial score (nSPS) is 11.0. The quantitative estimate of drug-likeness (QED) is 0.516. The molecule has 4 rings (SSSR count). The van der Waals surface area contributed by atoms with Crippen molar-refractivity contribution in [3.8, 4) is 11.3 Å². The van der Waals surface area contributed by atoms with Gasteiger partial charge in [0.15, 0.2) is 0 Å². The Hall–Kier alpha value is -2.92. The van der Waals surface area contributed by atoms with E-state index in [0.29, 0.717) is 11.6 Å². The molecule has 6 heteroatoms. The maximum atomic E-state index is 11.3. The fourth-order valence-corrected chi connectivity index (χ4v) is 2.70. The van der Waals surface area contributed by atoms with Crippen molar-refractivity contribution in [3.63, 3.8) is 0 Å². The summed E-state index contributed by atoms with van der Waals surface area (Å²) >= 11 is 5.90. The van der Waals surface area contributed by atoms with Crippen LogP contribution >= 0.6 is 11.6 Å². The van der Waals surface area contributed by atoms with Gasteiger partial charge in [-0.3, -0.25) is 0 Å². The summed E-state index contributed by atoms with van der Waals surface area (Å²) in [5.74, 6) is 1.62. The standard InChI is InChI=1S/C18H14ClN3O2/c19-12-3-1-11(2-4-12)17-8-6-14(24-17)10-20-13-5-7-15-16(9-13)22-18(23)21-15/h1-9,20H,10H2,(H2,21,22,23). The minimum atomic E-state index is -0.208. The van der Waals surface area contributed by atoms with Crippen LogP contribution in [-0.4, -0.2) is 9.97 Å². The zero-order valence-electron chi connectivity index (χ0n) is 12.6. The summed E-state index contributed by atoms with van der Waals surface area (Å²) in [5.41, 5.74) is 3.24. The number of aromatic amines is 2. The smallest absolute Gasteiger partial charge is 0.323 e. The Bertz CT molecular complexity index is 1040. The number of anilines is 1. The van der Waals surface area contributed by atoms with Gasteiger partial charge in [-0.15, -0.1) is 0 Å². The second-order valence-corrected chi connectivity index (χ2v) is 5.90. The third kappa shape index (κ3) is 2.94. The van der Waals surface area contributed by atoms with Crippen molar-refractivity contribution in [2.75, 3.05) is 5.32 Å². The molecule has 0 unspecified atom stereocenters. The number of hydrogen-bond acceptors (Lipinski definition) is 3. The van der Waals surface area contributed by atoms with Crippen LogP contribution in [0.25, 0.3) is 22.4 Å². The molecular formula is C18H14ClN3O2. The average Bonchev–Trinajstić information content (AvgIpc) is 3.18. The zero-order chi connectivity index (χ0) is 16.5. The molecule has 4 aromatic rings. The molecule has 24 heavy (non-hydrogen) atoms. The highest BCUT2D eigenvalue weighted by Gasteiger charge is 2.05. The van der Waals surface area contributed by atoms with Gasteiger partial charge in [-0.25, -0.2) is 4.79 Å². The van der Waals surface area contributed by atoms with Gasteiger partial charge < -0.3 is 19.7 Å². The molecule has 0 radical (unpaired) electrons. The average molecular weight is 340 g/mol. The number of rotatable bonds is 4. The number of fused-ring (bicyclic) bond motifs is 1. The molecule has 0 bridgehead atoms. The molecule has 0 amide bonds. The molecule has 0 fully saturated rings. The predicted molar refractivity (Wildman–Crippen MR) is 95.4 cm³/mol. The van der Waals surface area contributed by atoms with Crippen LogP contribution in [0.1, 0.15) is 5.76 Å². The Morgan fingerprint density at radius 2 is 1.75 bits per heavy atom. The van der Waals surface area contributed by atoms with Gasteiger partial charge >= 0.3 is 5.69 Å². The van der Waals surface area contributed by atoms with Crippen LogP contribution in [-0.2, 0) is 6.54 Å². The van der Waals surface area contributed by atoms with E-state index in [9.17, 15) is 4.79 Å². The van der Waals surface area contributed by atoms with Gasteiger partial charge in [0.25, 0.3) is 0 Å². The minimum Gasteiger partial charge on any atom is -0.459 e. The zero-order valence-corrected chi connectivity index (χ0v) is 13.4. The van der Waals surface area contributed by atoms with Gasteiger partial charge in [0.05, 0.1) is 17.6 Å². The van der Waals surface area contributed by atoms with Crippen LogP contribution in [0.15, 0.2) is 63.8 Å². The fourth-order valence-electron chi connectivity index (χ4n) is 2.57. The monoisotopic (exact) mass is 339 g/mol. The van der Waals surface area contributed by atoms with Crippen molar-refractivity contribution < 1.29 is 4.42 Å². The van der Waals surface area contributed by atoms with E-state index in [4.69, 9.17) is 16.0 Å². The molecule has 2 aromatic heterocycles. The number of hydrogen-bond donors (Lipinski definition) is 3. The van der Waals surface area contributed by atoms with Gasteiger partial charge in [0.2, 0.25) is 0 Å². The summed E-state index contributed by atoms with van der Waals surface area (Å²) in [6.07, 6.45) is 0. The van der Waals surface area contributed by atoms with Crippen molar-refractivity contribution >= 4 is 28.3 Å².